The lowest BCUT2D eigenvalue weighted by atomic mass is 10.0. The van der Waals surface area contributed by atoms with Crippen LogP contribution < -0.4 is 10.2 Å². The Labute approximate surface area is 211 Å². The summed E-state index contributed by atoms with van der Waals surface area (Å²) in [6.45, 7) is 11.8. The van der Waals surface area contributed by atoms with Gasteiger partial charge >= 0.3 is 12.2 Å². The van der Waals surface area contributed by atoms with Crippen LogP contribution in [0.5, 0.6) is 0 Å². The van der Waals surface area contributed by atoms with Crippen molar-refractivity contribution in [2.75, 3.05) is 10.2 Å². The predicted octanol–water partition coefficient (Wildman–Crippen LogP) is 6.65. The number of hydrogen-bond donors (Lipinski definition) is 1. The van der Waals surface area contributed by atoms with Gasteiger partial charge in [0, 0.05) is 17.3 Å². The quantitative estimate of drug-likeness (QED) is 0.426. The van der Waals surface area contributed by atoms with E-state index in [-0.39, 0.29) is 11.6 Å². The van der Waals surface area contributed by atoms with E-state index in [1.165, 1.54) is 13.1 Å². The highest BCUT2D eigenvalue weighted by Crippen LogP contribution is 2.31. The summed E-state index contributed by atoms with van der Waals surface area (Å²) in [6, 6.07) is 16.0. The molecule has 0 radical (unpaired) electrons. The number of carbonyl (C=O) groups excluding carboxylic acids is 3. The second-order valence-corrected chi connectivity index (χ2v) is 10.5. The van der Waals surface area contributed by atoms with Crippen molar-refractivity contribution in [3.8, 4) is 0 Å². The molecular weight excluding hydrogens is 458 g/mol. The van der Waals surface area contributed by atoms with Crippen LogP contribution in [0.1, 0.15) is 60.1 Å². The molecule has 2 aromatic carbocycles. The summed E-state index contributed by atoms with van der Waals surface area (Å²) in [5.41, 5.74) is -0.123. The van der Waals surface area contributed by atoms with E-state index in [4.69, 9.17) is 9.47 Å². The van der Waals surface area contributed by atoms with Crippen molar-refractivity contribution < 1.29 is 23.9 Å². The number of nitrogens with zero attached hydrogens (tertiary/aromatic N) is 2. The monoisotopic (exact) mass is 491 g/mol. The van der Waals surface area contributed by atoms with Crippen LogP contribution in [0.3, 0.4) is 0 Å². The summed E-state index contributed by atoms with van der Waals surface area (Å²) in [4.78, 5) is 43.7. The summed E-state index contributed by atoms with van der Waals surface area (Å²) in [5.74, 6) is 0.0615. The molecule has 3 aromatic rings. The summed E-state index contributed by atoms with van der Waals surface area (Å²) < 4.78 is 11.0. The van der Waals surface area contributed by atoms with Crippen LogP contribution in [-0.2, 0) is 14.3 Å². The normalized spacial score (nSPS) is 12.5. The van der Waals surface area contributed by atoms with E-state index in [2.05, 4.69) is 10.3 Å². The molecule has 0 saturated heterocycles. The molecule has 0 spiro atoms. The van der Waals surface area contributed by atoms with Gasteiger partial charge in [-0.05, 0) is 83.7 Å². The third-order valence-electron chi connectivity index (χ3n) is 4.96. The number of rotatable bonds is 5. The number of ketones is 1. The summed E-state index contributed by atoms with van der Waals surface area (Å²) in [5, 5.41) is 4.52. The van der Waals surface area contributed by atoms with Gasteiger partial charge in [-0.25, -0.2) is 14.6 Å². The lowest BCUT2D eigenvalue weighted by Crippen LogP contribution is -2.44. The predicted molar refractivity (Wildman–Crippen MR) is 140 cm³/mol. The van der Waals surface area contributed by atoms with Crippen molar-refractivity contribution in [3.63, 3.8) is 0 Å². The molecular formula is C28H33N3O5. The highest BCUT2D eigenvalue weighted by atomic mass is 16.6. The van der Waals surface area contributed by atoms with Crippen molar-refractivity contribution in [1.82, 2.24) is 4.98 Å². The SMILES string of the molecule is CC(=O)C(Nc1ccc2c(N(C(=O)OC(C)(C)C)C(=O)OC(C)(C)C)nccc2c1)c1ccccc1. The zero-order valence-electron chi connectivity index (χ0n) is 21.8. The third-order valence-corrected chi connectivity index (χ3v) is 4.96. The number of amides is 2. The Bertz CT molecular complexity index is 1230. The topological polar surface area (TPSA) is 97.8 Å². The third kappa shape index (κ3) is 6.81. The number of imide groups is 1. The minimum absolute atomic E-state index is 0.0299. The standard InChI is InChI=1S/C28H33N3O5/c1-18(32)23(19-11-9-8-10-12-19)30-21-13-14-22-20(17-21)15-16-29-24(22)31(25(33)35-27(2,3)4)26(34)36-28(5,6)7/h8-17,23,30H,1-7H3. The fourth-order valence-corrected chi connectivity index (χ4v) is 3.52. The molecule has 1 heterocycles. The number of fused-ring (bicyclic) bond motifs is 1. The van der Waals surface area contributed by atoms with Crippen LogP contribution in [-0.4, -0.2) is 34.2 Å². The maximum absolute atomic E-state index is 13.1. The van der Waals surface area contributed by atoms with Gasteiger partial charge in [-0.3, -0.25) is 4.79 Å². The Kier molecular flexibility index (Phi) is 7.67. The summed E-state index contributed by atoms with van der Waals surface area (Å²) >= 11 is 0. The van der Waals surface area contributed by atoms with E-state index in [0.29, 0.717) is 16.5 Å². The van der Waals surface area contributed by atoms with Crippen LogP contribution in [0.15, 0.2) is 60.8 Å². The number of nitrogens with one attached hydrogen (secondary N) is 1. The van der Waals surface area contributed by atoms with Gasteiger partial charge in [0.2, 0.25) is 0 Å². The number of ether oxygens (including phenoxy) is 2. The van der Waals surface area contributed by atoms with Crippen LogP contribution in [0.4, 0.5) is 21.1 Å². The number of anilines is 2. The van der Waals surface area contributed by atoms with Crippen molar-refractivity contribution in [1.29, 1.82) is 0 Å². The van der Waals surface area contributed by atoms with Crippen LogP contribution >= 0.6 is 0 Å². The van der Waals surface area contributed by atoms with Gasteiger partial charge in [0.15, 0.2) is 11.6 Å². The van der Waals surface area contributed by atoms with Crippen molar-refractivity contribution in [2.45, 2.75) is 65.7 Å². The average Bonchev–Trinajstić information content (AvgIpc) is 2.75. The van der Waals surface area contributed by atoms with E-state index in [0.717, 1.165) is 10.5 Å². The summed E-state index contributed by atoms with van der Waals surface area (Å²) in [7, 11) is 0. The minimum atomic E-state index is -0.889. The molecule has 1 N–H and O–H groups in total. The Hall–Kier alpha value is -3.94. The average molecular weight is 492 g/mol. The number of hydrogen-bond acceptors (Lipinski definition) is 7. The van der Waals surface area contributed by atoms with Gasteiger partial charge in [0.05, 0.1) is 0 Å². The minimum Gasteiger partial charge on any atom is -0.443 e. The fraction of sp³-hybridized carbons (Fsp3) is 0.357. The van der Waals surface area contributed by atoms with Crippen LogP contribution in [0.25, 0.3) is 10.8 Å². The van der Waals surface area contributed by atoms with Gasteiger partial charge in [-0.2, -0.15) is 4.90 Å². The first-order valence-electron chi connectivity index (χ1n) is 11.7. The number of aromatic nitrogens is 1. The highest BCUT2D eigenvalue weighted by Gasteiger charge is 2.34. The Morgan fingerprint density at radius 3 is 1.97 bits per heavy atom. The molecule has 1 unspecified atom stereocenters. The molecule has 3 rings (SSSR count). The smallest absolute Gasteiger partial charge is 0.425 e. The maximum Gasteiger partial charge on any atom is 0.425 e. The van der Waals surface area contributed by atoms with Crippen molar-refractivity contribution in [2.24, 2.45) is 0 Å². The van der Waals surface area contributed by atoms with Gasteiger partial charge in [0.25, 0.3) is 0 Å². The van der Waals surface area contributed by atoms with Gasteiger partial charge in [0.1, 0.15) is 17.2 Å². The second-order valence-electron chi connectivity index (χ2n) is 10.5. The highest BCUT2D eigenvalue weighted by molar-refractivity contribution is 6.14. The number of Topliss-reactive ketones (excluding diaryl/α,β-unsaturated/α-hetero) is 1. The Morgan fingerprint density at radius 1 is 0.861 bits per heavy atom. The molecule has 0 fully saturated rings. The Morgan fingerprint density at radius 2 is 1.44 bits per heavy atom. The first kappa shape index (κ1) is 26.7. The van der Waals surface area contributed by atoms with Gasteiger partial charge in [-0.15, -0.1) is 0 Å². The van der Waals surface area contributed by atoms with Crippen molar-refractivity contribution in [3.05, 3.63) is 66.4 Å². The molecule has 8 heteroatoms. The van der Waals surface area contributed by atoms with Crippen LogP contribution in [0.2, 0.25) is 0 Å². The zero-order valence-corrected chi connectivity index (χ0v) is 21.8. The van der Waals surface area contributed by atoms with E-state index in [9.17, 15) is 14.4 Å². The largest absolute Gasteiger partial charge is 0.443 e. The summed E-state index contributed by atoms with van der Waals surface area (Å²) in [6.07, 6.45) is -0.276. The van der Waals surface area contributed by atoms with E-state index in [1.54, 1.807) is 59.7 Å². The van der Waals surface area contributed by atoms with Gasteiger partial charge < -0.3 is 14.8 Å². The van der Waals surface area contributed by atoms with Gasteiger partial charge in [-0.1, -0.05) is 30.3 Å². The molecule has 8 nitrogen and oxygen atoms in total. The first-order valence-corrected chi connectivity index (χ1v) is 11.7. The number of benzene rings is 2. The lowest BCUT2D eigenvalue weighted by molar-refractivity contribution is -0.117. The maximum atomic E-state index is 13.1. The number of carbonyl (C=O) groups is 3. The molecule has 1 atom stereocenters. The van der Waals surface area contributed by atoms with Crippen LogP contribution in [0, 0.1) is 0 Å². The second kappa shape index (κ2) is 10.4. The lowest BCUT2D eigenvalue weighted by Gasteiger charge is -2.28. The zero-order chi connectivity index (χ0) is 26.7. The number of pyridine rings is 1. The molecule has 0 bridgehead atoms. The molecule has 0 aliphatic carbocycles. The van der Waals surface area contributed by atoms with E-state index < -0.39 is 29.4 Å². The molecule has 0 aliphatic rings. The molecule has 1 aromatic heterocycles. The van der Waals surface area contributed by atoms with Crippen molar-refractivity contribution >= 4 is 40.2 Å². The fourth-order valence-electron chi connectivity index (χ4n) is 3.52. The van der Waals surface area contributed by atoms with E-state index in [1.807, 2.05) is 36.4 Å². The molecule has 0 saturated carbocycles. The Balaban J connectivity index is 2.03. The molecule has 0 aliphatic heterocycles. The first-order chi connectivity index (χ1) is 16.7. The molecule has 190 valence electrons. The molecule has 2 amide bonds. The van der Waals surface area contributed by atoms with E-state index >= 15 is 0 Å². The molecule has 36 heavy (non-hydrogen) atoms.